The number of methoxy groups -OCH3 is 1. The van der Waals surface area contributed by atoms with E-state index in [4.69, 9.17) is 0 Å². The highest BCUT2D eigenvalue weighted by Crippen LogP contribution is 2.25. The molecule has 5 heteroatoms. The topological polar surface area (TPSA) is 72.0 Å². The van der Waals surface area contributed by atoms with E-state index in [0.29, 0.717) is 5.92 Å². The van der Waals surface area contributed by atoms with Gasteiger partial charge in [-0.1, -0.05) is 58.9 Å². The summed E-state index contributed by atoms with van der Waals surface area (Å²) in [6, 6.07) is 8.31. The maximum atomic E-state index is 12.0. The van der Waals surface area contributed by atoms with Crippen molar-refractivity contribution < 1.29 is 19.6 Å². The Kier molecular flexibility index (Phi) is 6.96. The number of carbonyl (C=O) groups excluding carboxylic acids is 2. The van der Waals surface area contributed by atoms with Crippen molar-refractivity contribution in [2.24, 2.45) is 5.92 Å². The van der Waals surface area contributed by atoms with Gasteiger partial charge < -0.3 is 10.1 Å². The lowest BCUT2D eigenvalue weighted by atomic mass is 9.85. The molecule has 0 aliphatic carbocycles. The summed E-state index contributed by atoms with van der Waals surface area (Å²) in [5.41, 5.74) is 2.57. The summed E-state index contributed by atoms with van der Waals surface area (Å²) in [5, 5.41) is 4.22. The first-order valence-electron chi connectivity index (χ1n) is 8.40. The van der Waals surface area contributed by atoms with Gasteiger partial charge in [-0.2, -0.15) is 0 Å². The molecule has 0 aliphatic heterocycles. The van der Waals surface area contributed by atoms with Crippen LogP contribution in [0.4, 0.5) is 4.79 Å². The van der Waals surface area contributed by atoms with Crippen molar-refractivity contribution >= 4 is 12.0 Å². The molecule has 0 heterocycles. The quantitative estimate of drug-likeness (QED) is 0.868. The number of carbonyl (C=O) groups is 2. The highest BCUT2D eigenvalue weighted by Gasteiger charge is 2.27. The maximum Gasteiger partial charge on any atom is 0.413 e. The molecule has 134 valence electrons. The lowest BCUT2D eigenvalue weighted by Gasteiger charge is -2.24. The van der Waals surface area contributed by atoms with Crippen LogP contribution in [0.2, 0.25) is 0 Å². The molecule has 0 saturated carbocycles. The van der Waals surface area contributed by atoms with E-state index in [0.717, 1.165) is 0 Å². The Morgan fingerprint density at radius 3 is 2.04 bits per heavy atom. The summed E-state index contributed by atoms with van der Waals surface area (Å²) < 4.78 is 4.47. The van der Waals surface area contributed by atoms with Crippen molar-refractivity contribution in [1.29, 1.82) is 0 Å². The molecule has 0 saturated heterocycles. The zero-order chi connectivity index (χ0) is 18.5. The summed E-state index contributed by atoms with van der Waals surface area (Å²) in [7, 11) is 1.24. The van der Waals surface area contributed by atoms with Gasteiger partial charge in [0.15, 0.2) is 6.04 Å². The van der Waals surface area contributed by atoms with Crippen LogP contribution < -0.4 is 10.6 Å². The van der Waals surface area contributed by atoms with Gasteiger partial charge >= 0.3 is 6.09 Å². The molecule has 2 amide bonds. The Labute approximate surface area is 145 Å². The van der Waals surface area contributed by atoms with Gasteiger partial charge in [-0.05, 0) is 17.9 Å². The van der Waals surface area contributed by atoms with E-state index in [9.17, 15) is 9.59 Å². The first-order chi connectivity index (χ1) is 11.1. The summed E-state index contributed by atoms with van der Waals surface area (Å²) in [6.07, 6.45) is -0.726. The molecule has 5 nitrogen and oxygen atoms in total. The zero-order valence-corrected chi connectivity index (χ0v) is 15.8. The summed E-state index contributed by atoms with van der Waals surface area (Å²) >= 11 is 0. The van der Waals surface area contributed by atoms with E-state index in [1.54, 1.807) is 6.92 Å². The molecule has 0 aliphatic rings. The Hall–Kier alpha value is -1.88. The predicted molar refractivity (Wildman–Crippen MR) is 94.7 cm³/mol. The molecule has 0 bridgehead atoms. The standard InChI is InChI=1S/C19H30N2O3/c1-12(2)16(20-13(3)17(22)21-18(23)24-7)14-8-10-15(11-9-14)19(4,5)6/h8-13,16,20H,1-7H3,(H,21,22,23)/p+1/t13-,16+/m1/s1. The largest absolute Gasteiger partial charge is 0.453 e. The number of nitrogens with two attached hydrogens (primary N) is 1. The van der Waals surface area contributed by atoms with Crippen LogP contribution in [0.1, 0.15) is 58.7 Å². The first-order valence-corrected chi connectivity index (χ1v) is 8.40. The summed E-state index contributed by atoms with van der Waals surface area (Å²) in [5.74, 6) is -0.00215. The zero-order valence-electron chi connectivity index (χ0n) is 15.8. The number of ether oxygens (including phenoxy) is 1. The van der Waals surface area contributed by atoms with Crippen molar-refractivity contribution in [1.82, 2.24) is 5.32 Å². The molecule has 0 aromatic heterocycles. The molecular weight excluding hydrogens is 304 g/mol. The molecule has 0 fully saturated rings. The second-order valence-electron chi connectivity index (χ2n) is 7.60. The number of imide groups is 1. The maximum absolute atomic E-state index is 12.0. The van der Waals surface area contributed by atoms with Gasteiger partial charge in [-0.15, -0.1) is 0 Å². The third-order valence-corrected chi connectivity index (χ3v) is 4.20. The van der Waals surface area contributed by atoms with E-state index < -0.39 is 12.1 Å². The fourth-order valence-electron chi connectivity index (χ4n) is 2.59. The molecule has 1 rings (SSSR count). The van der Waals surface area contributed by atoms with Crippen LogP contribution in [0, 0.1) is 5.92 Å². The fraction of sp³-hybridized carbons (Fsp3) is 0.579. The Morgan fingerprint density at radius 2 is 1.62 bits per heavy atom. The average Bonchev–Trinajstić information content (AvgIpc) is 2.51. The lowest BCUT2D eigenvalue weighted by molar-refractivity contribution is -0.719. The number of hydrogen-bond donors (Lipinski definition) is 2. The van der Waals surface area contributed by atoms with E-state index in [1.807, 2.05) is 5.32 Å². The predicted octanol–water partition coefficient (Wildman–Crippen LogP) is 2.52. The fourth-order valence-corrected chi connectivity index (χ4v) is 2.59. The summed E-state index contributed by atoms with van der Waals surface area (Å²) in [6.45, 7) is 12.6. The number of hydrogen-bond acceptors (Lipinski definition) is 3. The van der Waals surface area contributed by atoms with E-state index in [2.05, 4.69) is 68.9 Å². The van der Waals surface area contributed by atoms with Crippen molar-refractivity contribution in [3.8, 4) is 0 Å². The van der Waals surface area contributed by atoms with Crippen molar-refractivity contribution in [3.05, 3.63) is 35.4 Å². The molecule has 0 unspecified atom stereocenters. The van der Waals surface area contributed by atoms with Gasteiger partial charge in [-0.3, -0.25) is 10.1 Å². The second-order valence-corrected chi connectivity index (χ2v) is 7.60. The highest BCUT2D eigenvalue weighted by molar-refractivity contribution is 5.93. The SMILES string of the molecule is COC(=O)NC(=O)[C@@H](C)[NH2+][C@H](c1ccc(C(C)(C)C)cc1)C(C)C. The molecule has 0 spiro atoms. The minimum Gasteiger partial charge on any atom is -0.453 e. The molecule has 1 aromatic carbocycles. The molecule has 0 radical (unpaired) electrons. The summed E-state index contributed by atoms with van der Waals surface area (Å²) in [4.78, 5) is 23.2. The van der Waals surface area contributed by atoms with Crippen LogP contribution in [0.3, 0.4) is 0 Å². The van der Waals surface area contributed by atoms with Crippen molar-refractivity contribution in [2.75, 3.05) is 7.11 Å². The second kappa shape index (κ2) is 8.29. The van der Waals surface area contributed by atoms with E-state index in [1.165, 1.54) is 18.2 Å². The van der Waals surface area contributed by atoms with Gasteiger partial charge in [0, 0.05) is 11.5 Å². The highest BCUT2D eigenvalue weighted by atomic mass is 16.5. The normalized spacial score (nSPS) is 14.2. The van der Waals surface area contributed by atoms with Crippen LogP contribution in [-0.4, -0.2) is 25.2 Å². The number of alkyl carbamates (subject to hydrolysis) is 1. The lowest BCUT2D eigenvalue weighted by Crippen LogP contribution is -2.93. The minimum atomic E-state index is -0.726. The third-order valence-electron chi connectivity index (χ3n) is 4.20. The number of benzene rings is 1. The van der Waals surface area contributed by atoms with Crippen LogP contribution in [0.25, 0.3) is 0 Å². The smallest absolute Gasteiger partial charge is 0.413 e. The van der Waals surface area contributed by atoms with Crippen LogP contribution in [-0.2, 0) is 14.9 Å². The van der Waals surface area contributed by atoms with Crippen molar-refractivity contribution in [2.45, 2.75) is 59.0 Å². The molecule has 2 atom stereocenters. The number of amides is 2. The van der Waals surface area contributed by atoms with Crippen LogP contribution >= 0.6 is 0 Å². The Balaban J connectivity index is 2.87. The van der Waals surface area contributed by atoms with Gasteiger partial charge in [0.1, 0.15) is 6.04 Å². The number of nitrogens with one attached hydrogen (secondary N) is 1. The molecular formula is C19H31N2O3+. The first kappa shape index (κ1) is 20.2. The van der Waals surface area contributed by atoms with Crippen LogP contribution in [0.15, 0.2) is 24.3 Å². The minimum absolute atomic E-state index is 0.114. The van der Waals surface area contributed by atoms with E-state index in [-0.39, 0.29) is 17.4 Å². The molecule has 24 heavy (non-hydrogen) atoms. The van der Waals surface area contributed by atoms with Crippen LogP contribution in [0.5, 0.6) is 0 Å². The molecule has 3 N–H and O–H groups in total. The number of quaternary nitrogens is 1. The van der Waals surface area contributed by atoms with E-state index >= 15 is 0 Å². The third kappa shape index (κ3) is 5.64. The van der Waals surface area contributed by atoms with Gasteiger partial charge in [0.25, 0.3) is 5.91 Å². The van der Waals surface area contributed by atoms with Gasteiger partial charge in [0.05, 0.1) is 7.11 Å². The Morgan fingerprint density at radius 1 is 1.08 bits per heavy atom. The Bertz CT molecular complexity index is 559. The van der Waals surface area contributed by atoms with Gasteiger partial charge in [-0.25, -0.2) is 4.79 Å². The van der Waals surface area contributed by atoms with Gasteiger partial charge in [0.2, 0.25) is 0 Å². The average molecular weight is 335 g/mol. The molecule has 1 aromatic rings. The number of rotatable bonds is 5. The van der Waals surface area contributed by atoms with Crippen molar-refractivity contribution in [3.63, 3.8) is 0 Å². The monoisotopic (exact) mass is 335 g/mol.